The lowest BCUT2D eigenvalue weighted by atomic mass is 10.0. The first-order valence-electron chi connectivity index (χ1n) is 7.74. The van der Waals surface area contributed by atoms with Gasteiger partial charge in [0, 0.05) is 11.5 Å². The van der Waals surface area contributed by atoms with Crippen molar-refractivity contribution in [2.24, 2.45) is 0 Å². The van der Waals surface area contributed by atoms with Gasteiger partial charge in [-0.15, -0.1) is 0 Å². The van der Waals surface area contributed by atoms with Crippen LogP contribution in [-0.2, 0) is 0 Å². The van der Waals surface area contributed by atoms with E-state index in [2.05, 4.69) is 0 Å². The highest BCUT2D eigenvalue weighted by molar-refractivity contribution is 6.08. The molecule has 3 aromatic rings. The molecule has 0 spiro atoms. The van der Waals surface area contributed by atoms with Crippen LogP contribution >= 0.6 is 0 Å². The Morgan fingerprint density at radius 2 is 1.68 bits per heavy atom. The van der Waals surface area contributed by atoms with Gasteiger partial charge >= 0.3 is 11.6 Å². The minimum absolute atomic E-state index is 0.0688. The van der Waals surface area contributed by atoms with Crippen molar-refractivity contribution in [2.45, 2.75) is 20.8 Å². The molecule has 126 valence electrons. The standard InChI is InChI=1S/C20H16O5/c1-11-4-6-14(7-5-11)20(23)24-16-9-8-15-12(2)10-17(22)25-19(15)18(16)13(3)21/h4-10H,1-3H3. The van der Waals surface area contributed by atoms with E-state index < -0.39 is 11.6 Å². The topological polar surface area (TPSA) is 73.6 Å². The fourth-order valence-corrected chi connectivity index (χ4v) is 2.63. The van der Waals surface area contributed by atoms with E-state index in [0.29, 0.717) is 16.5 Å². The van der Waals surface area contributed by atoms with Gasteiger partial charge in [0.05, 0.1) is 5.56 Å². The number of hydrogen-bond donors (Lipinski definition) is 0. The van der Waals surface area contributed by atoms with Crippen molar-refractivity contribution in [3.8, 4) is 5.75 Å². The second-order valence-corrected chi connectivity index (χ2v) is 5.88. The monoisotopic (exact) mass is 336 g/mol. The minimum Gasteiger partial charge on any atom is -0.422 e. The Morgan fingerprint density at radius 1 is 1.00 bits per heavy atom. The molecule has 0 fully saturated rings. The highest BCUT2D eigenvalue weighted by Crippen LogP contribution is 2.30. The van der Waals surface area contributed by atoms with Crippen LogP contribution in [0.25, 0.3) is 11.0 Å². The van der Waals surface area contributed by atoms with Crippen molar-refractivity contribution in [2.75, 3.05) is 0 Å². The van der Waals surface area contributed by atoms with Crippen LogP contribution in [0.3, 0.4) is 0 Å². The van der Waals surface area contributed by atoms with E-state index in [1.807, 2.05) is 6.92 Å². The number of fused-ring (bicyclic) bond motifs is 1. The van der Waals surface area contributed by atoms with E-state index in [9.17, 15) is 14.4 Å². The zero-order valence-electron chi connectivity index (χ0n) is 14.1. The number of carbonyl (C=O) groups excluding carboxylic acids is 2. The van der Waals surface area contributed by atoms with Gasteiger partial charge < -0.3 is 9.15 Å². The third kappa shape index (κ3) is 3.21. The molecular formula is C20H16O5. The van der Waals surface area contributed by atoms with Crippen LogP contribution in [-0.4, -0.2) is 11.8 Å². The average Bonchev–Trinajstić information content (AvgIpc) is 2.54. The summed E-state index contributed by atoms with van der Waals surface area (Å²) < 4.78 is 10.6. The summed E-state index contributed by atoms with van der Waals surface area (Å²) >= 11 is 0. The van der Waals surface area contributed by atoms with Gasteiger partial charge in [0.2, 0.25) is 0 Å². The summed E-state index contributed by atoms with van der Waals surface area (Å²) in [5, 5.41) is 0.625. The number of ketones is 1. The van der Waals surface area contributed by atoms with Gasteiger partial charge in [0.25, 0.3) is 0 Å². The van der Waals surface area contributed by atoms with E-state index in [0.717, 1.165) is 5.56 Å². The van der Waals surface area contributed by atoms with Gasteiger partial charge in [-0.2, -0.15) is 0 Å². The highest BCUT2D eigenvalue weighted by atomic mass is 16.5. The molecule has 2 aromatic carbocycles. The Morgan fingerprint density at radius 3 is 2.32 bits per heavy atom. The van der Waals surface area contributed by atoms with E-state index in [-0.39, 0.29) is 22.7 Å². The van der Waals surface area contributed by atoms with Crippen LogP contribution in [0.5, 0.6) is 5.75 Å². The van der Waals surface area contributed by atoms with Crippen LogP contribution < -0.4 is 10.4 Å². The van der Waals surface area contributed by atoms with Crippen molar-refractivity contribution in [1.82, 2.24) is 0 Å². The Balaban J connectivity index is 2.11. The average molecular weight is 336 g/mol. The van der Waals surface area contributed by atoms with Crippen LogP contribution in [0.1, 0.15) is 38.8 Å². The molecule has 0 unspecified atom stereocenters. The molecule has 0 aliphatic heterocycles. The third-order valence-corrected chi connectivity index (χ3v) is 3.92. The molecule has 0 aliphatic carbocycles. The van der Waals surface area contributed by atoms with Crippen molar-refractivity contribution >= 4 is 22.7 Å². The van der Waals surface area contributed by atoms with Gasteiger partial charge in [-0.25, -0.2) is 9.59 Å². The van der Waals surface area contributed by atoms with E-state index in [1.165, 1.54) is 19.1 Å². The van der Waals surface area contributed by atoms with Crippen LogP contribution in [0.4, 0.5) is 0 Å². The molecule has 0 radical (unpaired) electrons. The van der Waals surface area contributed by atoms with Crippen LogP contribution in [0.15, 0.2) is 51.7 Å². The van der Waals surface area contributed by atoms with Crippen molar-refractivity contribution in [1.29, 1.82) is 0 Å². The normalized spacial score (nSPS) is 10.7. The first-order valence-corrected chi connectivity index (χ1v) is 7.74. The smallest absolute Gasteiger partial charge is 0.343 e. The molecule has 0 saturated heterocycles. The summed E-state index contributed by atoms with van der Waals surface area (Å²) in [4.78, 5) is 36.1. The summed E-state index contributed by atoms with van der Waals surface area (Å²) in [5.41, 5.74) is 1.72. The lowest BCUT2D eigenvalue weighted by Crippen LogP contribution is -2.12. The Kier molecular flexibility index (Phi) is 4.23. The fourth-order valence-electron chi connectivity index (χ4n) is 2.63. The molecule has 1 aromatic heterocycles. The second kappa shape index (κ2) is 6.36. The predicted molar refractivity (Wildman–Crippen MR) is 93.4 cm³/mol. The number of Topliss-reactive ketones (excluding diaryl/α,β-unsaturated/α-hetero) is 1. The van der Waals surface area contributed by atoms with Gasteiger partial charge in [-0.05, 0) is 50.6 Å². The molecule has 0 saturated carbocycles. The maximum atomic E-state index is 12.3. The molecule has 5 nitrogen and oxygen atoms in total. The van der Waals surface area contributed by atoms with Gasteiger partial charge in [-0.1, -0.05) is 17.7 Å². The second-order valence-electron chi connectivity index (χ2n) is 5.88. The van der Waals surface area contributed by atoms with Gasteiger partial charge in [-0.3, -0.25) is 4.79 Å². The maximum absolute atomic E-state index is 12.3. The van der Waals surface area contributed by atoms with Crippen molar-refractivity contribution in [3.63, 3.8) is 0 Å². The zero-order valence-corrected chi connectivity index (χ0v) is 14.1. The number of aryl methyl sites for hydroxylation is 2. The molecule has 25 heavy (non-hydrogen) atoms. The third-order valence-electron chi connectivity index (χ3n) is 3.92. The first-order chi connectivity index (χ1) is 11.9. The molecule has 0 N–H and O–H groups in total. The zero-order chi connectivity index (χ0) is 18.1. The van der Waals surface area contributed by atoms with E-state index in [4.69, 9.17) is 9.15 Å². The molecule has 1 heterocycles. The van der Waals surface area contributed by atoms with Crippen molar-refractivity contribution < 1.29 is 18.7 Å². The molecule has 0 amide bonds. The van der Waals surface area contributed by atoms with Gasteiger partial charge in [0.15, 0.2) is 11.4 Å². The number of esters is 1. The number of benzene rings is 2. The molecule has 3 rings (SSSR count). The van der Waals surface area contributed by atoms with E-state index >= 15 is 0 Å². The van der Waals surface area contributed by atoms with Crippen LogP contribution in [0.2, 0.25) is 0 Å². The number of hydrogen-bond acceptors (Lipinski definition) is 5. The maximum Gasteiger partial charge on any atom is 0.343 e. The van der Waals surface area contributed by atoms with Crippen molar-refractivity contribution in [3.05, 3.63) is 75.1 Å². The summed E-state index contributed by atoms with van der Waals surface area (Å²) in [6.45, 7) is 5.00. The number of rotatable bonds is 3. The quantitative estimate of drug-likeness (QED) is 0.314. The molecular weight excluding hydrogens is 320 g/mol. The Bertz CT molecular complexity index is 1040. The fraction of sp³-hybridized carbons (Fsp3) is 0.150. The van der Waals surface area contributed by atoms with E-state index in [1.54, 1.807) is 37.3 Å². The number of ether oxygens (including phenoxy) is 1. The summed E-state index contributed by atoms with van der Waals surface area (Å²) in [6.07, 6.45) is 0. The number of carbonyl (C=O) groups is 2. The summed E-state index contributed by atoms with van der Waals surface area (Å²) in [6, 6.07) is 11.4. The molecule has 0 aliphatic rings. The first kappa shape index (κ1) is 16.6. The lowest BCUT2D eigenvalue weighted by molar-refractivity contribution is 0.0733. The minimum atomic E-state index is -0.586. The van der Waals surface area contributed by atoms with Crippen LogP contribution in [0, 0.1) is 13.8 Å². The highest BCUT2D eigenvalue weighted by Gasteiger charge is 2.20. The van der Waals surface area contributed by atoms with Gasteiger partial charge in [0.1, 0.15) is 11.3 Å². The lowest BCUT2D eigenvalue weighted by Gasteiger charge is -2.11. The largest absolute Gasteiger partial charge is 0.422 e. The SMILES string of the molecule is CC(=O)c1c(OC(=O)c2ccc(C)cc2)ccc2c(C)cc(=O)oc12. The summed E-state index contributed by atoms with van der Waals surface area (Å²) in [5.74, 6) is -0.873. The summed E-state index contributed by atoms with van der Waals surface area (Å²) in [7, 11) is 0. The molecule has 5 heteroatoms. The predicted octanol–water partition coefficient (Wildman–Crippen LogP) is 3.83. The molecule has 0 bridgehead atoms. The molecule has 0 atom stereocenters. The Hall–Kier alpha value is -3.21. The Labute approximate surface area is 143 Å².